The number of hydrogen-bond donors (Lipinski definition) is 1. The van der Waals surface area contributed by atoms with Gasteiger partial charge in [-0.05, 0) is 38.1 Å². The van der Waals surface area contributed by atoms with Crippen LogP contribution in [0.1, 0.15) is 12.8 Å². The number of nitrogens with one attached hydrogen (secondary N) is 1. The number of piperazine rings is 1. The molecule has 0 radical (unpaired) electrons. The van der Waals surface area contributed by atoms with E-state index in [1.165, 1.54) is 0 Å². The number of anilines is 1. The molecule has 3 rings (SSSR count). The van der Waals surface area contributed by atoms with Crippen molar-refractivity contribution in [2.45, 2.75) is 12.8 Å². The lowest BCUT2D eigenvalue weighted by molar-refractivity contribution is -0.136. The topological polar surface area (TPSA) is 44.8 Å². The summed E-state index contributed by atoms with van der Waals surface area (Å²) in [7, 11) is 1.70. The number of benzene rings is 1. The molecule has 0 bridgehead atoms. The van der Waals surface area contributed by atoms with Gasteiger partial charge in [0.05, 0.1) is 12.8 Å². The number of piperidine rings is 1. The largest absolute Gasteiger partial charge is 0.495 e. The number of nitrogens with zero attached hydrogens (tertiary/aromatic N) is 2. The predicted molar refractivity (Wildman–Crippen MR) is 94.6 cm³/mol. The van der Waals surface area contributed by atoms with Gasteiger partial charge in [-0.1, -0.05) is 12.1 Å². The van der Waals surface area contributed by atoms with E-state index < -0.39 is 0 Å². The molecule has 0 spiro atoms. The van der Waals surface area contributed by atoms with Crippen LogP contribution < -0.4 is 15.0 Å². The molecule has 5 nitrogen and oxygen atoms in total. The van der Waals surface area contributed by atoms with Crippen molar-refractivity contribution in [2.75, 3.05) is 51.3 Å². The van der Waals surface area contributed by atoms with E-state index in [1.807, 2.05) is 23.1 Å². The molecular formula is C17H26ClN3O2. The van der Waals surface area contributed by atoms with Crippen LogP contribution in [0.4, 0.5) is 5.69 Å². The number of para-hydroxylation sites is 2. The fourth-order valence-corrected chi connectivity index (χ4v) is 3.39. The molecule has 128 valence electrons. The Balaban J connectivity index is 0.00000192. The highest BCUT2D eigenvalue weighted by Gasteiger charge is 2.28. The number of carbonyl (C=O) groups excluding carboxylic acids is 1. The Morgan fingerprint density at radius 1 is 1.13 bits per heavy atom. The number of methoxy groups -OCH3 is 1. The zero-order valence-electron chi connectivity index (χ0n) is 13.7. The van der Waals surface area contributed by atoms with Gasteiger partial charge in [0.15, 0.2) is 0 Å². The summed E-state index contributed by atoms with van der Waals surface area (Å²) in [6.45, 7) is 5.30. The first-order valence-corrected chi connectivity index (χ1v) is 8.17. The molecule has 2 heterocycles. The molecule has 0 aromatic heterocycles. The average molecular weight is 340 g/mol. The smallest absolute Gasteiger partial charge is 0.225 e. The van der Waals surface area contributed by atoms with Gasteiger partial charge < -0.3 is 19.9 Å². The molecule has 0 unspecified atom stereocenters. The van der Waals surface area contributed by atoms with Gasteiger partial charge in [-0.25, -0.2) is 0 Å². The van der Waals surface area contributed by atoms with Crippen molar-refractivity contribution >= 4 is 24.0 Å². The van der Waals surface area contributed by atoms with Crippen LogP contribution in [-0.4, -0.2) is 57.2 Å². The third-order valence-electron chi connectivity index (χ3n) is 4.71. The van der Waals surface area contributed by atoms with Crippen LogP contribution in [0, 0.1) is 5.92 Å². The van der Waals surface area contributed by atoms with Gasteiger partial charge in [0.1, 0.15) is 5.75 Å². The molecule has 2 aliphatic rings. The van der Waals surface area contributed by atoms with Gasteiger partial charge in [0, 0.05) is 32.1 Å². The van der Waals surface area contributed by atoms with E-state index in [0.29, 0.717) is 5.91 Å². The van der Waals surface area contributed by atoms with E-state index in [1.54, 1.807) is 7.11 Å². The van der Waals surface area contributed by atoms with E-state index in [2.05, 4.69) is 16.3 Å². The molecule has 23 heavy (non-hydrogen) atoms. The SMILES string of the molecule is COc1ccccc1N1CCN(C(=O)C2CCNCC2)CC1.Cl. The summed E-state index contributed by atoms with van der Waals surface area (Å²) in [6.07, 6.45) is 1.96. The number of ether oxygens (including phenoxy) is 1. The molecule has 2 saturated heterocycles. The number of halogens is 1. The molecule has 0 saturated carbocycles. The van der Waals surface area contributed by atoms with Crippen molar-refractivity contribution in [1.82, 2.24) is 10.2 Å². The minimum Gasteiger partial charge on any atom is -0.495 e. The molecular weight excluding hydrogens is 314 g/mol. The van der Waals surface area contributed by atoms with E-state index in [4.69, 9.17) is 4.74 Å². The highest BCUT2D eigenvalue weighted by atomic mass is 35.5. The second-order valence-corrected chi connectivity index (χ2v) is 6.01. The van der Waals surface area contributed by atoms with Crippen molar-refractivity contribution < 1.29 is 9.53 Å². The summed E-state index contributed by atoms with van der Waals surface area (Å²) in [4.78, 5) is 16.9. The second kappa shape index (κ2) is 8.41. The first-order chi connectivity index (χ1) is 10.8. The van der Waals surface area contributed by atoms with Crippen LogP contribution in [0.2, 0.25) is 0 Å². The van der Waals surface area contributed by atoms with Crippen molar-refractivity contribution in [3.8, 4) is 5.75 Å². The number of hydrogen-bond acceptors (Lipinski definition) is 4. The van der Waals surface area contributed by atoms with Gasteiger partial charge in [0.25, 0.3) is 0 Å². The van der Waals surface area contributed by atoms with E-state index >= 15 is 0 Å². The Morgan fingerprint density at radius 2 is 1.78 bits per heavy atom. The van der Waals surface area contributed by atoms with Crippen molar-refractivity contribution in [1.29, 1.82) is 0 Å². The summed E-state index contributed by atoms with van der Waals surface area (Å²) in [5.74, 6) is 1.47. The summed E-state index contributed by atoms with van der Waals surface area (Å²) in [6, 6.07) is 8.09. The van der Waals surface area contributed by atoms with Crippen LogP contribution in [-0.2, 0) is 4.79 Å². The molecule has 0 aliphatic carbocycles. The first-order valence-electron chi connectivity index (χ1n) is 8.17. The van der Waals surface area contributed by atoms with E-state index in [9.17, 15) is 4.79 Å². The third-order valence-corrected chi connectivity index (χ3v) is 4.71. The Bertz CT molecular complexity index is 512. The maximum atomic E-state index is 12.6. The zero-order chi connectivity index (χ0) is 15.4. The van der Waals surface area contributed by atoms with E-state index in [-0.39, 0.29) is 18.3 Å². The van der Waals surface area contributed by atoms with Crippen LogP contribution in [0.3, 0.4) is 0 Å². The molecule has 2 fully saturated rings. The monoisotopic (exact) mass is 339 g/mol. The summed E-state index contributed by atoms with van der Waals surface area (Å²) in [5.41, 5.74) is 1.12. The van der Waals surface area contributed by atoms with Crippen molar-refractivity contribution in [3.05, 3.63) is 24.3 Å². The fourth-order valence-electron chi connectivity index (χ4n) is 3.39. The first kappa shape index (κ1) is 17.9. The molecule has 2 aliphatic heterocycles. The summed E-state index contributed by atoms with van der Waals surface area (Å²) in [5, 5.41) is 3.32. The Kier molecular flexibility index (Phi) is 6.54. The van der Waals surface area contributed by atoms with Gasteiger partial charge in [0.2, 0.25) is 5.91 Å². The highest BCUT2D eigenvalue weighted by Crippen LogP contribution is 2.28. The molecule has 6 heteroatoms. The Labute approximate surface area is 144 Å². The van der Waals surface area contributed by atoms with Gasteiger partial charge >= 0.3 is 0 Å². The number of carbonyl (C=O) groups is 1. The van der Waals surface area contributed by atoms with Gasteiger partial charge in [-0.3, -0.25) is 4.79 Å². The van der Waals surface area contributed by atoms with Crippen LogP contribution in [0.5, 0.6) is 5.75 Å². The Hall–Kier alpha value is -1.46. The number of amides is 1. The van der Waals surface area contributed by atoms with Crippen LogP contribution in [0.15, 0.2) is 24.3 Å². The summed E-state index contributed by atoms with van der Waals surface area (Å²) < 4.78 is 5.44. The lowest BCUT2D eigenvalue weighted by Crippen LogP contribution is -2.51. The van der Waals surface area contributed by atoms with Crippen molar-refractivity contribution in [2.24, 2.45) is 5.92 Å². The minimum atomic E-state index is 0. The number of rotatable bonds is 3. The lowest BCUT2D eigenvalue weighted by atomic mass is 9.96. The quantitative estimate of drug-likeness (QED) is 0.911. The standard InChI is InChI=1S/C17H25N3O2.ClH/c1-22-16-5-3-2-4-15(16)19-10-12-20(13-11-19)17(21)14-6-8-18-9-7-14;/h2-5,14,18H,6-13H2,1H3;1H. The van der Waals surface area contributed by atoms with Crippen LogP contribution >= 0.6 is 12.4 Å². The molecule has 1 amide bonds. The lowest BCUT2D eigenvalue weighted by Gasteiger charge is -2.38. The second-order valence-electron chi connectivity index (χ2n) is 6.01. The molecule has 1 aromatic rings. The molecule has 1 N–H and O–H groups in total. The van der Waals surface area contributed by atoms with Crippen molar-refractivity contribution in [3.63, 3.8) is 0 Å². The minimum absolute atomic E-state index is 0. The predicted octanol–water partition coefficient (Wildman–Crippen LogP) is 1.77. The third kappa shape index (κ3) is 4.09. The summed E-state index contributed by atoms with van der Waals surface area (Å²) >= 11 is 0. The normalized spacial score (nSPS) is 19.2. The Morgan fingerprint density at radius 3 is 2.43 bits per heavy atom. The molecule has 0 atom stereocenters. The maximum absolute atomic E-state index is 12.6. The van der Waals surface area contributed by atoms with Gasteiger partial charge in [-0.2, -0.15) is 0 Å². The van der Waals surface area contributed by atoms with Crippen LogP contribution in [0.25, 0.3) is 0 Å². The molecule has 1 aromatic carbocycles. The fraction of sp³-hybridized carbons (Fsp3) is 0.588. The highest BCUT2D eigenvalue weighted by molar-refractivity contribution is 5.85. The zero-order valence-corrected chi connectivity index (χ0v) is 14.5. The maximum Gasteiger partial charge on any atom is 0.225 e. The average Bonchev–Trinajstić information content (AvgIpc) is 2.62. The van der Waals surface area contributed by atoms with E-state index in [0.717, 1.165) is 63.5 Å². The van der Waals surface area contributed by atoms with Gasteiger partial charge in [-0.15, -0.1) is 12.4 Å².